The molecule has 4 N–H and O–H groups in total. The molecule has 0 aliphatic carbocycles. The van der Waals surface area contributed by atoms with Gasteiger partial charge in [0.1, 0.15) is 11.0 Å². The summed E-state index contributed by atoms with van der Waals surface area (Å²) in [5.74, 6) is -0.758. The Hall–Kier alpha value is -2.11. The lowest BCUT2D eigenvalue weighted by atomic mass is 10.2. The van der Waals surface area contributed by atoms with Crippen LogP contribution in [0.2, 0.25) is 0 Å². The van der Waals surface area contributed by atoms with E-state index in [-0.39, 0.29) is 28.6 Å². The lowest BCUT2D eigenvalue weighted by Gasteiger charge is -2.23. The minimum absolute atomic E-state index is 0.00144. The van der Waals surface area contributed by atoms with Crippen molar-refractivity contribution in [2.24, 2.45) is 11.7 Å². The van der Waals surface area contributed by atoms with Crippen molar-refractivity contribution >= 4 is 21.6 Å². The summed E-state index contributed by atoms with van der Waals surface area (Å²) in [6, 6.07) is 5.74. The fourth-order valence-electron chi connectivity index (χ4n) is 1.83. The van der Waals surface area contributed by atoms with Crippen LogP contribution in [0.4, 0.5) is 5.69 Å². The van der Waals surface area contributed by atoms with Crippen molar-refractivity contribution in [2.75, 3.05) is 18.8 Å². The SMILES string of the molecule is CC(C)CN(CC(N)=O)S(=O)(=O)c1ccc(N)cc1C#N. The van der Waals surface area contributed by atoms with E-state index in [9.17, 15) is 13.2 Å². The number of nitrogens with zero attached hydrogens (tertiary/aromatic N) is 2. The minimum Gasteiger partial charge on any atom is -0.399 e. The number of benzene rings is 1. The molecular formula is C13H18N4O3S. The lowest BCUT2D eigenvalue weighted by Crippen LogP contribution is -2.40. The third-order valence-corrected chi connectivity index (χ3v) is 4.51. The second-order valence-corrected chi connectivity index (χ2v) is 6.93. The monoisotopic (exact) mass is 310 g/mol. The molecule has 1 aromatic carbocycles. The highest BCUT2D eigenvalue weighted by Gasteiger charge is 2.29. The Kier molecular flexibility index (Phi) is 5.29. The molecule has 0 saturated heterocycles. The zero-order valence-electron chi connectivity index (χ0n) is 11.9. The summed E-state index contributed by atoms with van der Waals surface area (Å²) in [5.41, 5.74) is 10.9. The summed E-state index contributed by atoms with van der Waals surface area (Å²) >= 11 is 0. The maximum Gasteiger partial charge on any atom is 0.244 e. The number of sulfonamides is 1. The zero-order chi connectivity index (χ0) is 16.2. The Morgan fingerprint density at radius 2 is 2.05 bits per heavy atom. The van der Waals surface area contributed by atoms with Gasteiger partial charge in [-0.3, -0.25) is 4.79 Å². The van der Waals surface area contributed by atoms with Crippen molar-refractivity contribution in [3.8, 4) is 6.07 Å². The van der Waals surface area contributed by atoms with Crippen molar-refractivity contribution in [3.63, 3.8) is 0 Å². The molecule has 8 heteroatoms. The maximum atomic E-state index is 12.6. The molecule has 114 valence electrons. The van der Waals surface area contributed by atoms with Crippen molar-refractivity contribution < 1.29 is 13.2 Å². The summed E-state index contributed by atoms with van der Waals surface area (Å²) in [6.07, 6.45) is 0. The molecule has 1 amide bonds. The highest BCUT2D eigenvalue weighted by atomic mass is 32.2. The summed E-state index contributed by atoms with van der Waals surface area (Å²) < 4.78 is 26.2. The van der Waals surface area contributed by atoms with E-state index in [2.05, 4.69) is 0 Å². The van der Waals surface area contributed by atoms with Crippen molar-refractivity contribution in [3.05, 3.63) is 23.8 Å². The summed E-state index contributed by atoms with van der Waals surface area (Å²) in [7, 11) is -4.00. The number of carbonyl (C=O) groups excluding carboxylic acids is 1. The number of anilines is 1. The molecule has 0 spiro atoms. The normalized spacial score (nSPS) is 11.6. The molecule has 0 aromatic heterocycles. The van der Waals surface area contributed by atoms with Crippen molar-refractivity contribution in [1.82, 2.24) is 4.31 Å². The second kappa shape index (κ2) is 6.56. The number of nitrogen functional groups attached to an aromatic ring is 1. The Bertz CT molecular complexity index is 677. The Labute approximate surface area is 124 Å². The Morgan fingerprint density at radius 1 is 1.43 bits per heavy atom. The van der Waals surface area contributed by atoms with Gasteiger partial charge in [0, 0.05) is 12.2 Å². The van der Waals surface area contributed by atoms with Gasteiger partial charge in [0.05, 0.1) is 12.1 Å². The molecule has 1 aromatic rings. The molecule has 0 atom stereocenters. The van der Waals surface area contributed by atoms with Gasteiger partial charge in [-0.2, -0.15) is 9.57 Å². The standard InChI is InChI=1S/C13H18N4O3S/c1-9(2)7-17(8-13(16)18)21(19,20)12-4-3-11(15)5-10(12)6-14/h3-5,9H,7-8,15H2,1-2H3,(H2,16,18). The average Bonchev–Trinajstić information content (AvgIpc) is 2.36. The largest absolute Gasteiger partial charge is 0.399 e. The summed E-state index contributed by atoms with van der Waals surface area (Å²) in [4.78, 5) is 10.9. The number of rotatable bonds is 6. The molecule has 21 heavy (non-hydrogen) atoms. The average molecular weight is 310 g/mol. The van der Waals surface area contributed by atoms with Crippen LogP contribution in [0.25, 0.3) is 0 Å². The van der Waals surface area contributed by atoms with Crippen LogP contribution in [-0.4, -0.2) is 31.7 Å². The van der Waals surface area contributed by atoms with Gasteiger partial charge in [0.15, 0.2) is 0 Å². The van der Waals surface area contributed by atoms with Gasteiger partial charge in [-0.1, -0.05) is 13.8 Å². The first kappa shape index (κ1) is 16.9. The van der Waals surface area contributed by atoms with Crippen LogP contribution in [0, 0.1) is 17.2 Å². The summed E-state index contributed by atoms with van der Waals surface area (Å²) in [6.45, 7) is 3.33. The van der Waals surface area contributed by atoms with E-state index in [4.69, 9.17) is 16.7 Å². The van der Waals surface area contributed by atoms with Gasteiger partial charge in [0.2, 0.25) is 15.9 Å². The van der Waals surface area contributed by atoms with Gasteiger partial charge in [-0.25, -0.2) is 8.42 Å². The number of amides is 1. The third kappa shape index (κ3) is 4.18. The molecular weight excluding hydrogens is 292 g/mol. The van der Waals surface area contributed by atoms with E-state index in [0.717, 1.165) is 4.31 Å². The third-order valence-electron chi connectivity index (χ3n) is 2.64. The van der Waals surface area contributed by atoms with Crippen molar-refractivity contribution in [1.29, 1.82) is 5.26 Å². The van der Waals surface area contributed by atoms with Crippen LogP contribution in [0.3, 0.4) is 0 Å². The quantitative estimate of drug-likeness (QED) is 0.728. The summed E-state index contributed by atoms with van der Waals surface area (Å²) in [5, 5.41) is 9.07. The van der Waals surface area contributed by atoms with Gasteiger partial charge < -0.3 is 11.5 Å². The van der Waals surface area contributed by atoms with Crippen LogP contribution >= 0.6 is 0 Å². The smallest absolute Gasteiger partial charge is 0.244 e. The molecule has 0 bridgehead atoms. The molecule has 0 fully saturated rings. The van der Waals surface area contributed by atoms with Gasteiger partial charge in [-0.05, 0) is 24.1 Å². The van der Waals surface area contributed by atoms with Crippen LogP contribution in [0.5, 0.6) is 0 Å². The number of carbonyl (C=O) groups is 1. The maximum absolute atomic E-state index is 12.6. The number of nitriles is 1. The van der Waals surface area contributed by atoms with E-state index >= 15 is 0 Å². The van der Waals surface area contributed by atoms with Gasteiger partial charge in [0.25, 0.3) is 0 Å². The van der Waals surface area contributed by atoms with Crippen LogP contribution < -0.4 is 11.5 Å². The Morgan fingerprint density at radius 3 is 2.52 bits per heavy atom. The predicted octanol–water partition coefficient (Wildman–Crippen LogP) is 0.272. The fourth-order valence-corrected chi connectivity index (χ4v) is 3.52. The Balaban J connectivity index is 3.35. The fraction of sp³-hybridized carbons (Fsp3) is 0.385. The molecule has 0 aliphatic rings. The van der Waals surface area contributed by atoms with E-state index in [1.54, 1.807) is 6.07 Å². The number of hydrogen-bond acceptors (Lipinski definition) is 5. The lowest BCUT2D eigenvalue weighted by molar-refractivity contribution is -0.118. The van der Waals surface area contributed by atoms with E-state index in [1.807, 2.05) is 13.8 Å². The first-order chi connectivity index (χ1) is 9.68. The second-order valence-electron chi connectivity index (χ2n) is 5.03. The number of nitrogens with two attached hydrogens (primary N) is 2. The molecule has 0 heterocycles. The van der Waals surface area contributed by atoms with Crippen LogP contribution in [-0.2, 0) is 14.8 Å². The number of hydrogen-bond donors (Lipinski definition) is 2. The van der Waals surface area contributed by atoms with E-state index < -0.39 is 22.5 Å². The molecule has 0 unspecified atom stereocenters. The first-order valence-electron chi connectivity index (χ1n) is 6.26. The van der Waals surface area contributed by atoms with Crippen LogP contribution in [0.15, 0.2) is 23.1 Å². The van der Waals surface area contributed by atoms with Crippen molar-refractivity contribution in [2.45, 2.75) is 18.7 Å². The van der Waals surface area contributed by atoms with Gasteiger partial charge >= 0.3 is 0 Å². The zero-order valence-corrected chi connectivity index (χ0v) is 12.7. The molecule has 0 aliphatic heterocycles. The highest BCUT2D eigenvalue weighted by molar-refractivity contribution is 7.89. The molecule has 7 nitrogen and oxygen atoms in total. The molecule has 0 radical (unpaired) electrons. The highest BCUT2D eigenvalue weighted by Crippen LogP contribution is 2.22. The predicted molar refractivity (Wildman–Crippen MR) is 78.4 cm³/mol. The molecule has 1 rings (SSSR count). The van der Waals surface area contributed by atoms with E-state index in [0.29, 0.717) is 0 Å². The van der Waals surface area contributed by atoms with Gasteiger partial charge in [-0.15, -0.1) is 0 Å². The van der Waals surface area contributed by atoms with Crippen LogP contribution in [0.1, 0.15) is 19.4 Å². The number of primary amides is 1. The molecule has 0 saturated carbocycles. The van der Waals surface area contributed by atoms with E-state index in [1.165, 1.54) is 18.2 Å². The minimum atomic E-state index is -4.00. The first-order valence-corrected chi connectivity index (χ1v) is 7.70. The topological polar surface area (TPSA) is 130 Å².